The summed E-state index contributed by atoms with van der Waals surface area (Å²) in [6.45, 7) is 9.54. The number of carbonyl (C=O) groups is 1. The van der Waals surface area contributed by atoms with Crippen molar-refractivity contribution in [2.75, 3.05) is 31.6 Å². The van der Waals surface area contributed by atoms with Crippen molar-refractivity contribution in [2.24, 2.45) is 0 Å². The van der Waals surface area contributed by atoms with E-state index in [9.17, 15) is 13.2 Å². The lowest BCUT2D eigenvalue weighted by Gasteiger charge is -2.26. The largest absolute Gasteiger partial charge is 0.481 e. The van der Waals surface area contributed by atoms with Crippen LogP contribution in [-0.4, -0.2) is 51.0 Å². The van der Waals surface area contributed by atoms with Gasteiger partial charge in [0, 0.05) is 18.8 Å². The van der Waals surface area contributed by atoms with Crippen LogP contribution in [0.5, 0.6) is 5.75 Å². The molecular formula is C23H30N2O5S. The Labute approximate surface area is 184 Å². The van der Waals surface area contributed by atoms with Crippen molar-refractivity contribution < 1.29 is 22.7 Å². The zero-order chi connectivity index (χ0) is 22.6. The average Bonchev–Trinajstić information content (AvgIpc) is 2.74. The van der Waals surface area contributed by atoms with Crippen LogP contribution < -0.4 is 10.1 Å². The number of sulfonamides is 1. The normalized spacial score (nSPS) is 16.5. The fraction of sp³-hybridized carbons (Fsp3) is 0.435. The smallest absolute Gasteiger partial charge is 0.265 e. The van der Waals surface area contributed by atoms with E-state index in [0.29, 0.717) is 37.7 Å². The van der Waals surface area contributed by atoms with Gasteiger partial charge < -0.3 is 14.8 Å². The van der Waals surface area contributed by atoms with Crippen LogP contribution in [-0.2, 0) is 25.0 Å². The van der Waals surface area contributed by atoms with Gasteiger partial charge in [0.2, 0.25) is 10.0 Å². The third kappa shape index (κ3) is 5.84. The summed E-state index contributed by atoms with van der Waals surface area (Å²) in [4.78, 5) is 12.7. The number of morpholine rings is 1. The van der Waals surface area contributed by atoms with Crippen LogP contribution in [0, 0.1) is 0 Å². The molecule has 0 radical (unpaired) electrons. The van der Waals surface area contributed by atoms with Gasteiger partial charge in [-0.05, 0) is 54.3 Å². The van der Waals surface area contributed by atoms with Crippen LogP contribution >= 0.6 is 0 Å². The molecule has 31 heavy (non-hydrogen) atoms. The van der Waals surface area contributed by atoms with Gasteiger partial charge in [-0.1, -0.05) is 32.9 Å². The summed E-state index contributed by atoms with van der Waals surface area (Å²) in [7, 11) is -3.56. The first-order valence-corrected chi connectivity index (χ1v) is 11.8. The molecule has 1 fully saturated rings. The van der Waals surface area contributed by atoms with Crippen LogP contribution in [0.2, 0.25) is 0 Å². The molecule has 1 heterocycles. The molecule has 8 heteroatoms. The Hall–Kier alpha value is -2.42. The van der Waals surface area contributed by atoms with Crippen molar-refractivity contribution in [3.05, 3.63) is 54.1 Å². The Balaban J connectivity index is 1.59. The third-order valence-corrected chi connectivity index (χ3v) is 7.04. The fourth-order valence-electron chi connectivity index (χ4n) is 3.18. The number of nitrogens with zero attached hydrogens (tertiary/aromatic N) is 1. The zero-order valence-corrected chi connectivity index (χ0v) is 19.2. The van der Waals surface area contributed by atoms with Gasteiger partial charge in [0.15, 0.2) is 6.10 Å². The highest BCUT2D eigenvalue weighted by molar-refractivity contribution is 7.89. The van der Waals surface area contributed by atoms with E-state index >= 15 is 0 Å². The lowest BCUT2D eigenvalue weighted by molar-refractivity contribution is -0.122. The van der Waals surface area contributed by atoms with Gasteiger partial charge in [0.1, 0.15) is 5.75 Å². The summed E-state index contributed by atoms with van der Waals surface area (Å²) in [6.07, 6.45) is -0.711. The topological polar surface area (TPSA) is 84.9 Å². The number of amides is 1. The minimum Gasteiger partial charge on any atom is -0.481 e. The van der Waals surface area contributed by atoms with E-state index in [1.54, 1.807) is 19.1 Å². The Morgan fingerprint density at radius 2 is 1.61 bits per heavy atom. The van der Waals surface area contributed by atoms with E-state index in [0.717, 1.165) is 0 Å². The van der Waals surface area contributed by atoms with Crippen LogP contribution in [0.25, 0.3) is 0 Å². The molecule has 2 aromatic carbocycles. The molecule has 1 aliphatic heterocycles. The van der Waals surface area contributed by atoms with Crippen molar-refractivity contribution in [1.29, 1.82) is 0 Å². The Morgan fingerprint density at radius 3 is 2.16 bits per heavy atom. The van der Waals surface area contributed by atoms with Gasteiger partial charge >= 0.3 is 0 Å². The maximum atomic E-state index is 12.7. The second-order valence-corrected chi connectivity index (χ2v) is 10.5. The van der Waals surface area contributed by atoms with Crippen LogP contribution in [0.15, 0.2) is 53.4 Å². The Morgan fingerprint density at radius 1 is 1.03 bits per heavy atom. The molecule has 0 aliphatic carbocycles. The molecule has 0 bridgehead atoms. The van der Waals surface area contributed by atoms with Gasteiger partial charge in [0.25, 0.3) is 5.91 Å². The van der Waals surface area contributed by atoms with Crippen molar-refractivity contribution in [2.45, 2.75) is 44.1 Å². The molecule has 0 unspecified atom stereocenters. The van der Waals surface area contributed by atoms with E-state index in [4.69, 9.17) is 9.47 Å². The maximum absolute atomic E-state index is 12.7. The number of hydrogen-bond donors (Lipinski definition) is 1. The van der Waals surface area contributed by atoms with Crippen molar-refractivity contribution in [3.8, 4) is 5.75 Å². The summed E-state index contributed by atoms with van der Waals surface area (Å²) in [5, 5.41) is 2.76. The van der Waals surface area contributed by atoms with E-state index in [1.807, 2.05) is 24.3 Å². The molecular weight excluding hydrogens is 416 g/mol. The monoisotopic (exact) mass is 446 g/mol. The SMILES string of the molecule is C[C@H](Oc1ccc(C(C)(C)C)cc1)C(=O)Nc1ccc(S(=O)(=O)N2CCOCC2)cc1. The molecule has 0 aromatic heterocycles. The van der Waals surface area contributed by atoms with Gasteiger partial charge in [0.05, 0.1) is 18.1 Å². The molecule has 3 rings (SSSR count). The van der Waals surface area contributed by atoms with Gasteiger partial charge in [-0.15, -0.1) is 0 Å². The number of benzene rings is 2. The lowest BCUT2D eigenvalue weighted by Crippen LogP contribution is -2.40. The molecule has 2 aromatic rings. The molecule has 1 amide bonds. The lowest BCUT2D eigenvalue weighted by atomic mass is 9.87. The highest BCUT2D eigenvalue weighted by Gasteiger charge is 2.26. The summed E-state index contributed by atoms with van der Waals surface area (Å²) in [6, 6.07) is 13.9. The van der Waals surface area contributed by atoms with Crippen LogP contribution in [0.3, 0.4) is 0 Å². The second kappa shape index (κ2) is 9.38. The molecule has 0 spiro atoms. The number of anilines is 1. The Kier molecular flexibility index (Phi) is 7.03. The summed E-state index contributed by atoms with van der Waals surface area (Å²) < 4.78 is 37.7. The molecule has 1 N–H and O–H groups in total. The summed E-state index contributed by atoms with van der Waals surface area (Å²) >= 11 is 0. The molecule has 1 saturated heterocycles. The first-order valence-electron chi connectivity index (χ1n) is 10.3. The molecule has 1 atom stereocenters. The predicted molar refractivity (Wildman–Crippen MR) is 120 cm³/mol. The minimum atomic E-state index is -3.56. The Bertz CT molecular complexity index is 990. The number of rotatable bonds is 6. The van der Waals surface area contributed by atoms with Gasteiger partial charge in [-0.3, -0.25) is 4.79 Å². The van der Waals surface area contributed by atoms with Crippen molar-refractivity contribution in [3.63, 3.8) is 0 Å². The summed E-state index contributed by atoms with van der Waals surface area (Å²) in [5.74, 6) is 0.297. The number of ether oxygens (including phenoxy) is 2. The molecule has 7 nitrogen and oxygen atoms in total. The van der Waals surface area contributed by atoms with E-state index in [2.05, 4.69) is 26.1 Å². The third-order valence-electron chi connectivity index (χ3n) is 5.13. The molecule has 0 saturated carbocycles. The van der Waals surface area contributed by atoms with Crippen LogP contribution in [0.4, 0.5) is 5.69 Å². The van der Waals surface area contributed by atoms with E-state index in [-0.39, 0.29) is 16.2 Å². The van der Waals surface area contributed by atoms with Gasteiger partial charge in [-0.25, -0.2) is 8.42 Å². The molecule has 1 aliphatic rings. The number of nitrogens with one attached hydrogen (secondary N) is 1. The van der Waals surface area contributed by atoms with Crippen molar-refractivity contribution in [1.82, 2.24) is 4.31 Å². The summed E-state index contributed by atoms with van der Waals surface area (Å²) in [5.41, 5.74) is 1.73. The maximum Gasteiger partial charge on any atom is 0.265 e. The van der Waals surface area contributed by atoms with E-state index < -0.39 is 16.1 Å². The molecule has 168 valence electrons. The first kappa shape index (κ1) is 23.2. The number of hydrogen-bond acceptors (Lipinski definition) is 5. The second-order valence-electron chi connectivity index (χ2n) is 8.56. The fourth-order valence-corrected chi connectivity index (χ4v) is 4.59. The standard InChI is InChI=1S/C23H30N2O5S/c1-17(30-20-9-5-18(6-10-20)23(2,3)4)22(26)24-19-7-11-21(12-8-19)31(27,28)25-13-15-29-16-14-25/h5-12,17H,13-16H2,1-4H3,(H,24,26)/t17-/m0/s1. The zero-order valence-electron chi connectivity index (χ0n) is 18.4. The first-order chi connectivity index (χ1) is 14.6. The highest BCUT2D eigenvalue weighted by atomic mass is 32.2. The average molecular weight is 447 g/mol. The quantitative estimate of drug-likeness (QED) is 0.735. The van der Waals surface area contributed by atoms with E-state index in [1.165, 1.54) is 22.0 Å². The van der Waals surface area contributed by atoms with Gasteiger partial charge in [-0.2, -0.15) is 4.31 Å². The highest BCUT2D eigenvalue weighted by Crippen LogP contribution is 2.25. The van der Waals surface area contributed by atoms with Crippen LogP contribution in [0.1, 0.15) is 33.3 Å². The van der Waals surface area contributed by atoms with Crippen molar-refractivity contribution >= 4 is 21.6 Å². The number of carbonyl (C=O) groups excluding carboxylic acids is 1. The predicted octanol–water partition coefficient (Wildman–Crippen LogP) is 3.41. The minimum absolute atomic E-state index is 0.0446.